The standard InChI is InChI=1S/C11H21N3/c1-8(2)14-9(12)13-7-11(14)6-5-10(11,3)4/h8H,5-7H2,1-4H3,(H2,12,13). The van der Waals surface area contributed by atoms with E-state index in [9.17, 15) is 0 Å². The molecule has 2 N–H and O–H groups in total. The summed E-state index contributed by atoms with van der Waals surface area (Å²) in [6, 6.07) is 0.459. The molecule has 2 aliphatic rings. The number of guanidine groups is 1. The third-order valence-corrected chi connectivity index (χ3v) is 4.15. The van der Waals surface area contributed by atoms with E-state index >= 15 is 0 Å². The second kappa shape index (κ2) is 2.65. The van der Waals surface area contributed by atoms with Crippen molar-refractivity contribution in [3.05, 3.63) is 0 Å². The van der Waals surface area contributed by atoms with Crippen molar-refractivity contribution >= 4 is 5.96 Å². The van der Waals surface area contributed by atoms with Crippen molar-refractivity contribution in [3.8, 4) is 0 Å². The number of rotatable bonds is 1. The van der Waals surface area contributed by atoms with E-state index < -0.39 is 0 Å². The fourth-order valence-electron chi connectivity index (χ4n) is 3.00. The van der Waals surface area contributed by atoms with E-state index in [2.05, 4.69) is 37.6 Å². The number of aliphatic imine (C=N–C) groups is 1. The minimum atomic E-state index is 0.227. The molecule has 0 aromatic rings. The number of nitrogens with zero attached hydrogens (tertiary/aromatic N) is 2. The van der Waals surface area contributed by atoms with Crippen LogP contribution in [0.25, 0.3) is 0 Å². The van der Waals surface area contributed by atoms with Crippen molar-refractivity contribution in [2.45, 2.75) is 52.1 Å². The Bertz CT molecular complexity index is 280. The first-order chi connectivity index (χ1) is 6.41. The molecule has 1 aliphatic heterocycles. The van der Waals surface area contributed by atoms with Crippen molar-refractivity contribution < 1.29 is 0 Å². The summed E-state index contributed by atoms with van der Waals surface area (Å²) in [6.45, 7) is 9.96. The molecule has 1 fully saturated rings. The van der Waals surface area contributed by atoms with Gasteiger partial charge in [0.2, 0.25) is 0 Å². The van der Waals surface area contributed by atoms with Gasteiger partial charge in [-0.05, 0) is 32.1 Å². The average molecular weight is 195 g/mol. The fourth-order valence-corrected chi connectivity index (χ4v) is 3.00. The van der Waals surface area contributed by atoms with Gasteiger partial charge in [0.1, 0.15) is 0 Å². The third kappa shape index (κ3) is 0.956. The number of hydrogen-bond acceptors (Lipinski definition) is 3. The lowest BCUT2D eigenvalue weighted by Crippen LogP contribution is -2.67. The molecule has 0 radical (unpaired) electrons. The smallest absolute Gasteiger partial charge is 0.192 e. The summed E-state index contributed by atoms with van der Waals surface area (Å²) in [5, 5.41) is 0. The van der Waals surface area contributed by atoms with Gasteiger partial charge in [-0.25, -0.2) is 0 Å². The third-order valence-electron chi connectivity index (χ3n) is 4.15. The van der Waals surface area contributed by atoms with Gasteiger partial charge in [0.05, 0.1) is 12.1 Å². The SMILES string of the molecule is CC(C)N1C(N)=NCC12CCC2(C)C. The summed E-state index contributed by atoms with van der Waals surface area (Å²) in [5.41, 5.74) is 6.55. The summed E-state index contributed by atoms with van der Waals surface area (Å²) in [6.07, 6.45) is 2.53. The molecule has 3 nitrogen and oxygen atoms in total. The van der Waals surface area contributed by atoms with Gasteiger partial charge in [0.15, 0.2) is 5.96 Å². The van der Waals surface area contributed by atoms with Crippen LogP contribution < -0.4 is 5.73 Å². The van der Waals surface area contributed by atoms with Crippen molar-refractivity contribution in [1.29, 1.82) is 0 Å². The monoisotopic (exact) mass is 195 g/mol. The molecule has 0 amide bonds. The van der Waals surface area contributed by atoms with E-state index in [0.29, 0.717) is 11.5 Å². The van der Waals surface area contributed by atoms with Crippen LogP contribution in [-0.4, -0.2) is 29.0 Å². The average Bonchev–Trinajstić information content (AvgIpc) is 2.43. The second-order valence-corrected chi connectivity index (χ2v) is 5.55. The summed E-state index contributed by atoms with van der Waals surface area (Å²) in [5.74, 6) is 0.743. The highest BCUT2D eigenvalue weighted by atomic mass is 15.4. The molecule has 1 aliphatic carbocycles. The van der Waals surface area contributed by atoms with E-state index in [4.69, 9.17) is 5.73 Å². The van der Waals surface area contributed by atoms with E-state index in [0.717, 1.165) is 12.5 Å². The lowest BCUT2D eigenvalue weighted by molar-refractivity contribution is -0.0596. The van der Waals surface area contributed by atoms with Gasteiger partial charge >= 0.3 is 0 Å². The molecule has 1 heterocycles. The molecule has 1 atom stereocenters. The Kier molecular flexibility index (Phi) is 1.85. The van der Waals surface area contributed by atoms with Crippen LogP contribution in [0.5, 0.6) is 0 Å². The Labute approximate surface area is 86.4 Å². The summed E-state index contributed by atoms with van der Waals surface area (Å²) in [7, 11) is 0. The predicted octanol–water partition coefficient (Wildman–Crippen LogP) is 1.58. The lowest BCUT2D eigenvalue weighted by atomic mass is 9.56. The maximum atomic E-state index is 5.96. The Morgan fingerprint density at radius 2 is 2.00 bits per heavy atom. The molecule has 80 valence electrons. The normalized spacial score (nSPS) is 34.9. The minimum Gasteiger partial charge on any atom is -0.370 e. The van der Waals surface area contributed by atoms with Crippen LogP contribution in [-0.2, 0) is 0 Å². The van der Waals surface area contributed by atoms with Crippen LogP contribution in [0.4, 0.5) is 0 Å². The van der Waals surface area contributed by atoms with Gasteiger partial charge < -0.3 is 10.6 Å². The molecule has 3 heteroatoms. The first kappa shape index (κ1) is 9.81. The molecular formula is C11H21N3. The second-order valence-electron chi connectivity index (χ2n) is 5.55. The van der Waals surface area contributed by atoms with E-state index in [1.54, 1.807) is 0 Å². The van der Waals surface area contributed by atoms with Crippen molar-refractivity contribution in [3.63, 3.8) is 0 Å². The number of hydrogen-bond donors (Lipinski definition) is 1. The van der Waals surface area contributed by atoms with Gasteiger partial charge in [0.25, 0.3) is 0 Å². The van der Waals surface area contributed by atoms with Crippen LogP contribution in [0.2, 0.25) is 0 Å². The molecule has 0 saturated heterocycles. The van der Waals surface area contributed by atoms with Gasteiger partial charge in [-0.3, -0.25) is 4.99 Å². The lowest BCUT2D eigenvalue weighted by Gasteiger charge is -2.59. The molecule has 0 aromatic heterocycles. The summed E-state index contributed by atoms with van der Waals surface area (Å²) < 4.78 is 0. The predicted molar refractivity (Wildman–Crippen MR) is 59.2 cm³/mol. The van der Waals surface area contributed by atoms with E-state index in [1.807, 2.05) is 0 Å². The Hall–Kier alpha value is -0.730. The van der Waals surface area contributed by atoms with Crippen LogP contribution in [0.15, 0.2) is 4.99 Å². The topological polar surface area (TPSA) is 41.6 Å². The molecule has 14 heavy (non-hydrogen) atoms. The van der Waals surface area contributed by atoms with Gasteiger partial charge in [-0.15, -0.1) is 0 Å². The van der Waals surface area contributed by atoms with E-state index in [1.165, 1.54) is 12.8 Å². The quantitative estimate of drug-likeness (QED) is 0.690. The highest BCUT2D eigenvalue weighted by Crippen LogP contribution is 2.55. The van der Waals surface area contributed by atoms with Crippen LogP contribution in [0, 0.1) is 5.41 Å². The van der Waals surface area contributed by atoms with Gasteiger partial charge in [-0.1, -0.05) is 13.8 Å². The Balaban J connectivity index is 2.31. The van der Waals surface area contributed by atoms with Gasteiger partial charge in [0, 0.05) is 6.04 Å². The highest BCUT2D eigenvalue weighted by molar-refractivity contribution is 5.81. The van der Waals surface area contributed by atoms with Crippen molar-refractivity contribution in [1.82, 2.24) is 4.90 Å². The van der Waals surface area contributed by atoms with Crippen LogP contribution in [0.1, 0.15) is 40.5 Å². The zero-order chi connectivity index (χ0) is 10.6. The molecule has 2 rings (SSSR count). The molecule has 0 bridgehead atoms. The zero-order valence-corrected chi connectivity index (χ0v) is 9.67. The van der Waals surface area contributed by atoms with Gasteiger partial charge in [-0.2, -0.15) is 0 Å². The number of nitrogens with two attached hydrogens (primary N) is 1. The Morgan fingerprint density at radius 3 is 2.29 bits per heavy atom. The molecule has 1 unspecified atom stereocenters. The van der Waals surface area contributed by atoms with Crippen LogP contribution in [0.3, 0.4) is 0 Å². The molecule has 1 spiro atoms. The highest BCUT2D eigenvalue weighted by Gasteiger charge is 2.59. The maximum absolute atomic E-state index is 5.96. The minimum absolute atomic E-state index is 0.227. The zero-order valence-electron chi connectivity index (χ0n) is 9.67. The molecule has 1 saturated carbocycles. The molecular weight excluding hydrogens is 174 g/mol. The van der Waals surface area contributed by atoms with Crippen molar-refractivity contribution in [2.24, 2.45) is 16.1 Å². The van der Waals surface area contributed by atoms with Crippen LogP contribution >= 0.6 is 0 Å². The molecule has 0 aromatic carbocycles. The first-order valence-corrected chi connectivity index (χ1v) is 5.50. The largest absolute Gasteiger partial charge is 0.370 e. The van der Waals surface area contributed by atoms with Crippen molar-refractivity contribution in [2.75, 3.05) is 6.54 Å². The van der Waals surface area contributed by atoms with E-state index in [-0.39, 0.29) is 5.54 Å². The Morgan fingerprint density at radius 1 is 1.36 bits per heavy atom. The summed E-state index contributed by atoms with van der Waals surface area (Å²) in [4.78, 5) is 6.76. The maximum Gasteiger partial charge on any atom is 0.192 e. The first-order valence-electron chi connectivity index (χ1n) is 5.50. The summed E-state index contributed by atoms with van der Waals surface area (Å²) >= 11 is 0. The fraction of sp³-hybridized carbons (Fsp3) is 0.909.